The van der Waals surface area contributed by atoms with Gasteiger partial charge in [-0.25, -0.2) is 4.39 Å². The van der Waals surface area contributed by atoms with E-state index < -0.39 is 14.1 Å². The fourth-order valence-corrected chi connectivity index (χ4v) is 5.38. The molecule has 1 fully saturated rings. The summed E-state index contributed by atoms with van der Waals surface area (Å²) in [6.45, 7) is 16.6. The van der Waals surface area contributed by atoms with E-state index in [1.165, 1.54) is 0 Å². The van der Waals surface area contributed by atoms with Crippen LogP contribution in [0.1, 0.15) is 57.9 Å². The minimum atomic E-state index is -2.15. The monoisotopic (exact) mass is 481 g/mol. The zero-order chi connectivity index (χ0) is 23.1. The Hall–Kier alpha value is -0.913. The van der Waals surface area contributed by atoms with Crippen LogP contribution in [0.5, 0.6) is 0 Å². The van der Waals surface area contributed by atoms with Gasteiger partial charge in [-0.1, -0.05) is 76.0 Å². The minimum Gasteiger partial charge on any atom is -0.408 e. The molecule has 1 saturated heterocycles. The van der Waals surface area contributed by atoms with Gasteiger partial charge in [-0.2, -0.15) is 0 Å². The quantitative estimate of drug-likeness (QED) is 0.291. The van der Waals surface area contributed by atoms with Gasteiger partial charge in [0.2, 0.25) is 0 Å². The molecule has 1 heterocycles. The maximum atomic E-state index is 14.5. The van der Waals surface area contributed by atoms with Crippen molar-refractivity contribution in [2.24, 2.45) is 5.92 Å². The van der Waals surface area contributed by atoms with Crippen LogP contribution in [-0.4, -0.2) is 25.8 Å². The summed E-state index contributed by atoms with van der Waals surface area (Å²) < 4.78 is 21.6. The van der Waals surface area contributed by atoms with E-state index in [-0.39, 0.29) is 22.2 Å². The third-order valence-corrected chi connectivity index (χ3v) is 11.8. The van der Waals surface area contributed by atoms with Gasteiger partial charge in [0.25, 0.3) is 0 Å². The molecule has 0 aliphatic carbocycles. The SMILES string of the molecule is CC(C)[C@@H]1CN1[C@H](c1ccc(Cl)c(F)c1)[C@H](O[Si](C)(C)C(C)(C)C)c1cccc(Cl)c1. The van der Waals surface area contributed by atoms with E-state index in [9.17, 15) is 4.39 Å². The third-order valence-electron chi connectivity index (χ3n) is 6.79. The lowest BCUT2D eigenvalue weighted by molar-refractivity contribution is 0.101. The van der Waals surface area contributed by atoms with E-state index in [1.54, 1.807) is 12.1 Å². The molecule has 0 saturated carbocycles. The Labute approximate surface area is 197 Å². The van der Waals surface area contributed by atoms with Crippen LogP contribution in [0.15, 0.2) is 42.5 Å². The Morgan fingerprint density at radius 1 is 1.06 bits per heavy atom. The summed E-state index contributed by atoms with van der Waals surface area (Å²) >= 11 is 12.4. The molecule has 170 valence electrons. The lowest BCUT2D eigenvalue weighted by Gasteiger charge is -2.42. The predicted octanol–water partition coefficient (Wildman–Crippen LogP) is 8.28. The zero-order valence-electron chi connectivity index (χ0n) is 19.5. The average molecular weight is 483 g/mol. The van der Waals surface area contributed by atoms with E-state index in [0.29, 0.717) is 17.0 Å². The summed E-state index contributed by atoms with van der Waals surface area (Å²) in [6, 6.07) is 13.3. The first-order valence-electron chi connectivity index (χ1n) is 11.0. The molecule has 4 atom stereocenters. The molecule has 1 aliphatic rings. The molecule has 2 aromatic carbocycles. The Morgan fingerprint density at radius 3 is 2.26 bits per heavy atom. The number of hydrogen-bond acceptors (Lipinski definition) is 2. The molecule has 0 amide bonds. The van der Waals surface area contributed by atoms with Crippen molar-refractivity contribution >= 4 is 31.5 Å². The fraction of sp³-hybridized carbons (Fsp3) is 0.520. The highest BCUT2D eigenvalue weighted by Gasteiger charge is 2.49. The van der Waals surface area contributed by atoms with Crippen molar-refractivity contribution in [3.05, 3.63) is 69.5 Å². The van der Waals surface area contributed by atoms with Gasteiger partial charge in [-0.3, -0.25) is 4.90 Å². The van der Waals surface area contributed by atoms with E-state index in [4.69, 9.17) is 27.6 Å². The van der Waals surface area contributed by atoms with Crippen molar-refractivity contribution < 1.29 is 8.82 Å². The molecular weight excluding hydrogens is 448 g/mol. The molecule has 6 heteroatoms. The number of nitrogens with zero attached hydrogens (tertiary/aromatic N) is 1. The van der Waals surface area contributed by atoms with E-state index in [0.717, 1.165) is 17.7 Å². The highest BCUT2D eigenvalue weighted by atomic mass is 35.5. The van der Waals surface area contributed by atoms with Crippen LogP contribution in [0.4, 0.5) is 4.39 Å². The Balaban J connectivity index is 2.13. The summed E-state index contributed by atoms with van der Waals surface area (Å²) in [5.41, 5.74) is 1.90. The lowest BCUT2D eigenvalue weighted by Crippen LogP contribution is -2.43. The standard InChI is InChI=1S/C25H34Cl2FNOSi/c1-16(2)22-15-29(22)23(17-11-12-20(27)21(28)14-17)24(18-9-8-10-19(26)13-18)30-31(6,7)25(3,4)5/h8-14,16,22-24H,15H2,1-7H3/t22-,23+,24+,29?/m0/s1. The summed E-state index contributed by atoms with van der Waals surface area (Å²) in [4.78, 5) is 2.42. The van der Waals surface area contributed by atoms with Crippen LogP contribution < -0.4 is 0 Å². The molecule has 3 rings (SSSR count). The van der Waals surface area contributed by atoms with E-state index >= 15 is 0 Å². The van der Waals surface area contributed by atoms with Gasteiger partial charge in [0.15, 0.2) is 8.32 Å². The molecule has 0 aromatic heterocycles. The third kappa shape index (κ3) is 5.54. The highest BCUT2D eigenvalue weighted by molar-refractivity contribution is 6.74. The second kappa shape index (κ2) is 9.15. The normalized spacial score (nSPS) is 21.3. The number of benzene rings is 2. The molecule has 0 N–H and O–H groups in total. The fourth-order valence-electron chi connectivity index (χ4n) is 3.81. The first-order chi connectivity index (χ1) is 14.3. The second-order valence-electron chi connectivity index (χ2n) is 10.5. The number of hydrogen-bond donors (Lipinski definition) is 0. The second-order valence-corrected chi connectivity index (χ2v) is 16.1. The predicted molar refractivity (Wildman–Crippen MR) is 132 cm³/mol. The van der Waals surface area contributed by atoms with Crippen LogP contribution >= 0.6 is 23.2 Å². The Kier molecular flexibility index (Phi) is 7.29. The molecule has 31 heavy (non-hydrogen) atoms. The van der Waals surface area contributed by atoms with Crippen molar-refractivity contribution in [2.75, 3.05) is 6.54 Å². The molecule has 0 spiro atoms. The topological polar surface area (TPSA) is 12.2 Å². The van der Waals surface area contributed by atoms with Gasteiger partial charge in [0.05, 0.1) is 17.2 Å². The summed E-state index contributed by atoms with van der Waals surface area (Å²) in [5.74, 6) is 0.108. The average Bonchev–Trinajstić information content (AvgIpc) is 3.44. The Morgan fingerprint density at radius 2 is 1.74 bits per heavy atom. The van der Waals surface area contributed by atoms with Gasteiger partial charge in [-0.05, 0) is 59.4 Å². The molecule has 0 bridgehead atoms. The first-order valence-corrected chi connectivity index (χ1v) is 14.6. The van der Waals surface area contributed by atoms with Gasteiger partial charge in [-0.15, -0.1) is 0 Å². The molecule has 2 aromatic rings. The van der Waals surface area contributed by atoms with Gasteiger partial charge >= 0.3 is 0 Å². The highest BCUT2D eigenvalue weighted by Crippen LogP contribution is 2.49. The molecule has 1 aliphatic heterocycles. The molecular formula is C25H34Cl2FNOSi. The molecule has 2 nitrogen and oxygen atoms in total. The Bertz CT molecular complexity index is 928. The zero-order valence-corrected chi connectivity index (χ0v) is 22.1. The van der Waals surface area contributed by atoms with Crippen LogP contribution in [0.2, 0.25) is 28.2 Å². The molecule has 1 unspecified atom stereocenters. The first kappa shape index (κ1) is 24.7. The van der Waals surface area contributed by atoms with Crippen LogP contribution in [0.3, 0.4) is 0 Å². The van der Waals surface area contributed by atoms with Crippen molar-refractivity contribution in [3.8, 4) is 0 Å². The van der Waals surface area contributed by atoms with Crippen molar-refractivity contribution in [1.29, 1.82) is 0 Å². The number of rotatable bonds is 7. The van der Waals surface area contributed by atoms with Gasteiger partial charge < -0.3 is 4.43 Å². The van der Waals surface area contributed by atoms with Gasteiger partial charge in [0, 0.05) is 17.6 Å². The van der Waals surface area contributed by atoms with Crippen LogP contribution in [0.25, 0.3) is 0 Å². The summed E-state index contributed by atoms with van der Waals surface area (Å²) in [5, 5.41) is 0.850. The van der Waals surface area contributed by atoms with Crippen molar-refractivity contribution in [1.82, 2.24) is 4.90 Å². The van der Waals surface area contributed by atoms with E-state index in [2.05, 4.69) is 58.7 Å². The molecule has 0 radical (unpaired) electrons. The summed E-state index contributed by atoms with van der Waals surface area (Å²) in [7, 11) is -2.15. The van der Waals surface area contributed by atoms with Crippen LogP contribution in [0, 0.1) is 11.7 Å². The van der Waals surface area contributed by atoms with Gasteiger partial charge in [0.1, 0.15) is 5.82 Å². The minimum absolute atomic E-state index is 0.0377. The summed E-state index contributed by atoms with van der Waals surface area (Å²) in [6.07, 6.45) is -0.260. The largest absolute Gasteiger partial charge is 0.408 e. The van der Waals surface area contributed by atoms with Crippen molar-refractivity contribution in [2.45, 2.75) is 70.9 Å². The van der Waals surface area contributed by atoms with Crippen LogP contribution in [-0.2, 0) is 4.43 Å². The number of halogens is 3. The van der Waals surface area contributed by atoms with E-state index in [1.807, 2.05) is 24.3 Å². The lowest BCUT2D eigenvalue weighted by atomic mass is 9.95. The van der Waals surface area contributed by atoms with Crippen molar-refractivity contribution in [3.63, 3.8) is 0 Å². The maximum Gasteiger partial charge on any atom is 0.193 e. The smallest absolute Gasteiger partial charge is 0.193 e. The maximum absolute atomic E-state index is 14.5.